The third kappa shape index (κ3) is 3.39. The largest absolute Gasteiger partial charge is 0.480 e. The van der Waals surface area contributed by atoms with Crippen LogP contribution in [0.5, 0.6) is 0 Å². The molecule has 0 radical (unpaired) electrons. The lowest BCUT2D eigenvalue weighted by Gasteiger charge is -2.25. The highest BCUT2D eigenvalue weighted by Crippen LogP contribution is 2.49. The summed E-state index contributed by atoms with van der Waals surface area (Å²) in [6, 6.07) is 7.85. The summed E-state index contributed by atoms with van der Waals surface area (Å²) in [5.41, 5.74) is 1.14. The number of rotatable bonds is 5. The van der Waals surface area contributed by atoms with Crippen LogP contribution < -0.4 is 0 Å². The molecule has 2 unspecified atom stereocenters. The molecule has 1 aromatic rings. The number of amides is 1. The molecule has 0 spiro atoms. The second-order valence-corrected chi connectivity index (χ2v) is 6.37. The first-order valence-corrected chi connectivity index (χ1v) is 7.47. The molecule has 1 aliphatic carbocycles. The van der Waals surface area contributed by atoms with Crippen LogP contribution in [0.2, 0.25) is 0 Å². The number of carbonyl (C=O) groups excluding carboxylic acids is 1. The van der Waals surface area contributed by atoms with E-state index in [1.54, 1.807) is 0 Å². The average Bonchev–Trinajstić information content (AvgIpc) is 3.15. The van der Waals surface area contributed by atoms with Crippen LogP contribution in [0.3, 0.4) is 0 Å². The molecule has 1 N–H and O–H groups in total. The Bertz CT molecular complexity index is 530. The summed E-state index contributed by atoms with van der Waals surface area (Å²) in [7, 11) is 0. The summed E-state index contributed by atoms with van der Waals surface area (Å²) < 4.78 is 0.999. The van der Waals surface area contributed by atoms with Crippen LogP contribution in [-0.4, -0.2) is 34.5 Å². The molecule has 0 bridgehead atoms. The minimum Gasteiger partial charge on any atom is -0.480 e. The molecule has 0 saturated heterocycles. The maximum Gasteiger partial charge on any atom is 0.323 e. The van der Waals surface area contributed by atoms with Gasteiger partial charge in [0.2, 0.25) is 5.91 Å². The number of carbonyl (C=O) groups is 2. The van der Waals surface area contributed by atoms with Gasteiger partial charge >= 0.3 is 5.97 Å². The Morgan fingerprint density at radius 3 is 2.70 bits per heavy atom. The van der Waals surface area contributed by atoms with Gasteiger partial charge < -0.3 is 10.0 Å². The third-order valence-corrected chi connectivity index (χ3v) is 4.09. The highest BCUT2D eigenvalue weighted by molar-refractivity contribution is 9.10. The van der Waals surface area contributed by atoms with Crippen LogP contribution in [-0.2, 0) is 9.59 Å². The molecule has 108 valence electrons. The van der Waals surface area contributed by atoms with Crippen LogP contribution in [0.15, 0.2) is 28.7 Å². The van der Waals surface area contributed by atoms with E-state index in [0.717, 1.165) is 16.5 Å². The number of nitrogens with zero attached hydrogens (tertiary/aromatic N) is 1. The second kappa shape index (κ2) is 5.95. The zero-order valence-electron chi connectivity index (χ0n) is 11.5. The lowest BCUT2D eigenvalue weighted by molar-refractivity contribution is -0.146. The molecule has 0 aromatic heterocycles. The van der Waals surface area contributed by atoms with Crippen molar-refractivity contribution >= 4 is 27.8 Å². The van der Waals surface area contributed by atoms with Crippen LogP contribution in [0.1, 0.15) is 31.7 Å². The van der Waals surface area contributed by atoms with Crippen molar-refractivity contribution in [2.75, 3.05) is 6.54 Å². The fourth-order valence-corrected chi connectivity index (χ4v) is 2.86. The molecule has 5 heteroatoms. The molecule has 1 saturated carbocycles. The van der Waals surface area contributed by atoms with E-state index < -0.39 is 5.97 Å². The van der Waals surface area contributed by atoms with Gasteiger partial charge in [-0.05, 0) is 43.9 Å². The molecule has 20 heavy (non-hydrogen) atoms. The monoisotopic (exact) mass is 339 g/mol. The van der Waals surface area contributed by atoms with Crippen molar-refractivity contribution in [2.45, 2.75) is 32.2 Å². The van der Waals surface area contributed by atoms with E-state index >= 15 is 0 Å². The first-order chi connectivity index (χ1) is 9.40. The molecule has 2 atom stereocenters. The van der Waals surface area contributed by atoms with Gasteiger partial charge in [0.25, 0.3) is 0 Å². The molecule has 0 aliphatic heterocycles. The predicted molar refractivity (Wildman–Crippen MR) is 79.5 cm³/mol. The summed E-state index contributed by atoms with van der Waals surface area (Å²) in [5, 5.41) is 8.90. The summed E-state index contributed by atoms with van der Waals surface area (Å²) in [4.78, 5) is 24.7. The van der Waals surface area contributed by atoms with Crippen molar-refractivity contribution in [1.82, 2.24) is 4.90 Å². The van der Waals surface area contributed by atoms with E-state index in [0.29, 0.717) is 0 Å². The molecular weight excluding hydrogens is 322 g/mol. The van der Waals surface area contributed by atoms with Crippen LogP contribution in [0.4, 0.5) is 0 Å². The standard InChI is InChI=1S/C15H18BrNO3/c1-9(2)17(8-14(18)19)15(20)13-7-12(13)10-4-3-5-11(16)6-10/h3-6,9,12-13H,7-8H2,1-2H3,(H,18,19). The van der Waals surface area contributed by atoms with Crippen LogP contribution >= 0.6 is 15.9 Å². The van der Waals surface area contributed by atoms with Gasteiger partial charge in [0, 0.05) is 16.4 Å². The lowest BCUT2D eigenvalue weighted by atomic mass is 10.1. The Hall–Kier alpha value is -1.36. The van der Waals surface area contributed by atoms with Gasteiger partial charge in [0.15, 0.2) is 0 Å². The molecule has 2 rings (SSSR count). The van der Waals surface area contributed by atoms with Crippen molar-refractivity contribution in [3.8, 4) is 0 Å². The Morgan fingerprint density at radius 1 is 1.45 bits per heavy atom. The summed E-state index contributed by atoms with van der Waals surface area (Å²) in [6.07, 6.45) is 0.804. The number of halogens is 1. The number of aliphatic carboxylic acids is 1. The fraction of sp³-hybridized carbons (Fsp3) is 0.467. The SMILES string of the molecule is CC(C)N(CC(=O)O)C(=O)C1CC1c1cccc(Br)c1. The Morgan fingerprint density at radius 2 is 2.15 bits per heavy atom. The first kappa shape index (κ1) is 15.0. The Kier molecular flexibility index (Phi) is 4.48. The molecule has 0 heterocycles. The van der Waals surface area contributed by atoms with E-state index in [4.69, 9.17) is 5.11 Å². The normalized spacial score (nSPS) is 20.8. The fourth-order valence-electron chi connectivity index (χ4n) is 2.45. The van der Waals surface area contributed by atoms with Gasteiger partial charge in [-0.25, -0.2) is 0 Å². The van der Waals surface area contributed by atoms with Gasteiger partial charge in [-0.2, -0.15) is 0 Å². The van der Waals surface area contributed by atoms with Crippen molar-refractivity contribution in [2.24, 2.45) is 5.92 Å². The van der Waals surface area contributed by atoms with Gasteiger partial charge in [-0.3, -0.25) is 9.59 Å². The number of carboxylic acid groups (broad SMARTS) is 1. The van der Waals surface area contributed by atoms with Crippen molar-refractivity contribution in [3.63, 3.8) is 0 Å². The lowest BCUT2D eigenvalue weighted by Crippen LogP contribution is -2.41. The molecule has 1 aromatic carbocycles. The second-order valence-electron chi connectivity index (χ2n) is 5.46. The molecular formula is C15H18BrNO3. The minimum atomic E-state index is -0.966. The van der Waals surface area contributed by atoms with E-state index in [1.165, 1.54) is 4.90 Å². The van der Waals surface area contributed by atoms with Crippen molar-refractivity contribution < 1.29 is 14.7 Å². The van der Waals surface area contributed by atoms with Crippen LogP contribution in [0, 0.1) is 5.92 Å². The highest BCUT2D eigenvalue weighted by Gasteiger charge is 2.46. The number of hydrogen-bond acceptors (Lipinski definition) is 2. The zero-order chi connectivity index (χ0) is 14.9. The Labute approximate surface area is 126 Å². The average molecular weight is 340 g/mol. The van der Waals surface area contributed by atoms with E-state index in [-0.39, 0.29) is 30.3 Å². The van der Waals surface area contributed by atoms with Gasteiger partial charge in [-0.1, -0.05) is 28.1 Å². The van der Waals surface area contributed by atoms with Crippen molar-refractivity contribution in [3.05, 3.63) is 34.3 Å². The van der Waals surface area contributed by atoms with Gasteiger partial charge in [-0.15, -0.1) is 0 Å². The quantitative estimate of drug-likeness (QED) is 0.897. The maximum absolute atomic E-state index is 12.4. The number of carboxylic acids is 1. The van der Waals surface area contributed by atoms with Gasteiger partial charge in [0.1, 0.15) is 6.54 Å². The maximum atomic E-state index is 12.4. The smallest absolute Gasteiger partial charge is 0.323 e. The molecule has 4 nitrogen and oxygen atoms in total. The molecule has 1 fully saturated rings. The van der Waals surface area contributed by atoms with E-state index in [9.17, 15) is 9.59 Å². The summed E-state index contributed by atoms with van der Waals surface area (Å²) in [5.74, 6) is -0.875. The van der Waals surface area contributed by atoms with Crippen molar-refractivity contribution in [1.29, 1.82) is 0 Å². The predicted octanol–water partition coefficient (Wildman–Crippen LogP) is 2.87. The van der Waals surface area contributed by atoms with Gasteiger partial charge in [0.05, 0.1) is 0 Å². The highest BCUT2D eigenvalue weighted by atomic mass is 79.9. The Balaban J connectivity index is 2.06. The topological polar surface area (TPSA) is 57.6 Å². The summed E-state index contributed by atoms with van der Waals surface area (Å²) >= 11 is 3.43. The third-order valence-electron chi connectivity index (χ3n) is 3.60. The van der Waals surface area contributed by atoms with Crippen LogP contribution in [0.25, 0.3) is 0 Å². The first-order valence-electron chi connectivity index (χ1n) is 6.68. The number of hydrogen-bond donors (Lipinski definition) is 1. The molecule has 1 aliphatic rings. The van der Waals surface area contributed by atoms with E-state index in [1.807, 2.05) is 38.1 Å². The van der Waals surface area contributed by atoms with E-state index in [2.05, 4.69) is 15.9 Å². The number of benzene rings is 1. The summed E-state index contributed by atoms with van der Waals surface area (Å²) in [6.45, 7) is 3.47. The zero-order valence-corrected chi connectivity index (χ0v) is 13.1. The minimum absolute atomic E-state index is 0.0487. The molecule has 1 amide bonds.